The number of aromatic hydroxyl groups is 1. The number of nitrogens with zero attached hydrogens (tertiary/aromatic N) is 1. The number of amides is 1. The average Bonchev–Trinajstić information content (AvgIpc) is 2.63. The van der Waals surface area contributed by atoms with Crippen LogP contribution < -0.4 is 5.48 Å². The van der Waals surface area contributed by atoms with Gasteiger partial charge in [0.1, 0.15) is 5.75 Å². The monoisotopic (exact) mass is 342 g/mol. The molecule has 0 bridgehead atoms. The van der Waals surface area contributed by atoms with Crippen molar-refractivity contribution < 1.29 is 15.1 Å². The summed E-state index contributed by atoms with van der Waals surface area (Å²) in [7, 11) is 0. The van der Waals surface area contributed by atoms with Gasteiger partial charge in [-0.2, -0.15) is 0 Å². The molecule has 2 aromatic carbocycles. The molecule has 1 amide bonds. The molecule has 1 heterocycles. The molecule has 0 aromatic heterocycles. The summed E-state index contributed by atoms with van der Waals surface area (Å²) in [6, 6.07) is 15.4. The summed E-state index contributed by atoms with van der Waals surface area (Å²) in [5.41, 5.74) is 4.46. The Hall–Kier alpha value is -2.28. The molecule has 3 rings (SSSR count). The molecular weight excluding hydrogens is 324 g/mol. The van der Waals surface area contributed by atoms with E-state index in [1.165, 1.54) is 0 Å². The highest BCUT2D eigenvalue weighted by atomic mass is 32.2. The van der Waals surface area contributed by atoms with E-state index in [0.717, 1.165) is 22.6 Å². The van der Waals surface area contributed by atoms with Crippen molar-refractivity contribution in [2.75, 3.05) is 13.1 Å². The Balaban J connectivity index is 1.62. The number of nitrogens with one attached hydrogen (secondary N) is 1. The second-order valence-electron chi connectivity index (χ2n) is 5.47. The van der Waals surface area contributed by atoms with Crippen LogP contribution in [0.4, 0.5) is 0 Å². The molecule has 2 aromatic rings. The average molecular weight is 342 g/mol. The minimum atomic E-state index is -0.419. The number of benzene rings is 2. The second-order valence-corrected chi connectivity index (χ2v) is 6.64. The van der Waals surface area contributed by atoms with Crippen LogP contribution in [0, 0.1) is 0 Å². The maximum Gasteiger partial charge on any atom is 0.270 e. The Morgan fingerprint density at radius 2 is 1.67 bits per heavy atom. The Kier molecular flexibility index (Phi) is 5.20. The summed E-state index contributed by atoms with van der Waals surface area (Å²) in [6.07, 6.45) is 2.46. The number of carbonyl (C=O) groups is 1. The van der Waals surface area contributed by atoms with Crippen molar-refractivity contribution >= 4 is 17.9 Å². The van der Waals surface area contributed by atoms with Gasteiger partial charge in [0.15, 0.2) is 0 Å². The number of phenols is 1. The number of rotatable bonds is 4. The number of hydrogen-bond acceptors (Lipinski definition) is 5. The van der Waals surface area contributed by atoms with Gasteiger partial charge in [-0.05, 0) is 53.8 Å². The van der Waals surface area contributed by atoms with Gasteiger partial charge < -0.3 is 5.11 Å². The molecule has 5 nitrogen and oxygen atoms in total. The van der Waals surface area contributed by atoms with E-state index in [-0.39, 0.29) is 5.75 Å². The lowest BCUT2D eigenvalue weighted by Gasteiger charge is -2.24. The van der Waals surface area contributed by atoms with Crippen LogP contribution >= 0.6 is 11.9 Å². The van der Waals surface area contributed by atoms with Crippen molar-refractivity contribution in [2.45, 2.75) is 11.3 Å². The normalized spacial score (nSPS) is 15.0. The van der Waals surface area contributed by atoms with E-state index in [1.54, 1.807) is 29.6 Å². The van der Waals surface area contributed by atoms with E-state index >= 15 is 0 Å². The van der Waals surface area contributed by atoms with E-state index in [4.69, 9.17) is 5.21 Å². The van der Waals surface area contributed by atoms with Crippen LogP contribution in [-0.2, 0) is 4.79 Å². The Morgan fingerprint density at radius 1 is 1.04 bits per heavy atom. The topological polar surface area (TPSA) is 72.8 Å². The molecule has 24 heavy (non-hydrogen) atoms. The molecule has 0 radical (unpaired) electrons. The highest BCUT2D eigenvalue weighted by Crippen LogP contribution is 2.29. The van der Waals surface area contributed by atoms with Gasteiger partial charge >= 0.3 is 0 Å². The summed E-state index contributed by atoms with van der Waals surface area (Å²) in [5, 5.41) is 18.0. The van der Waals surface area contributed by atoms with Gasteiger partial charge in [-0.15, -0.1) is 0 Å². The van der Waals surface area contributed by atoms with Crippen molar-refractivity contribution in [3.63, 3.8) is 0 Å². The van der Waals surface area contributed by atoms with E-state index in [2.05, 4.69) is 28.6 Å². The molecule has 0 fully saturated rings. The van der Waals surface area contributed by atoms with Crippen LogP contribution in [0.2, 0.25) is 0 Å². The number of carbonyl (C=O) groups excluding carboxylic acids is 1. The molecule has 0 atom stereocenters. The van der Waals surface area contributed by atoms with Crippen LogP contribution in [0.15, 0.2) is 65.1 Å². The van der Waals surface area contributed by atoms with Crippen LogP contribution in [0.3, 0.4) is 0 Å². The molecule has 0 unspecified atom stereocenters. The van der Waals surface area contributed by atoms with Gasteiger partial charge in [0, 0.05) is 23.6 Å². The molecule has 124 valence electrons. The molecule has 0 aliphatic carbocycles. The fourth-order valence-electron chi connectivity index (χ4n) is 2.52. The standard InChI is InChI=1S/C18H18N2O3S/c21-16-5-1-13(2-6-16)14-3-7-17(8-4-14)24-20-11-9-15(10-12-20)18(22)19-23/h1-9,21,23H,10-12H2,(H,19,22). The highest BCUT2D eigenvalue weighted by molar-refractivity contribution is 7.97. The first-order chi connectivity index (χ1) is 11.7. The zero-order valence-corrected chi connectivity index (χ0v) is 13.8. The number of phenolic OH excluding ortho intramolecular Hbond substituents is 1. The fraction of sp³-hybridized carbons (Fsp3) is 0.167. The zero-order chi connectivity index (χ0) is 16.9. The summed E-state index contributed by atoms with van der Waals surface area (Å²) < 4.78 is 2.17. The van der Waals surface area contributed by atoms with Gasteiger partial charge in [-0.1, -0.05) is 30.3 Å². The molecule has 3 N–H and O–H groups in total. The Bertz CT molecular complexity index is 742. The van der Waals surface area contributed by atoms with E-state index in [9.17, 15) is 9.90 Å². The summed E-state index contributed by atoms with van der Waals surface area (Å²) in [6.45, 7) is 1.41. The third kappa shape index (κ3) is 3.97. The van der Waals surface area contributed by atoms with Crippen molar-refractivity contribution in [2.24, 2.45) is 0 Å². The molecule has 6 heteroatoms. The molecular formula is C18H18N2O3S. The minimum absolute atomic E-state index is 0.262. The minimum Gasteiger partial charge on any atom is -0.508 e. The maximum atomic E-state index is 11.4. The van der Waals surface area contributed by atoms with Gasteiger partial charge in [-0.25, -0.2) is 9.79 Å². The summed E-state index contributed by atoms with van der Waals surface area (Å²) >= 11 is 1.65. The smallest absolute Gasteiger partial charge is 0.270 e. The maximum absolute atomic E-state index is 11.4. The van der Waals surface area contributed by atoms with Gasteiger partial charge in [0.25, 0.3) is 5.91 Å². The highest BCUT2D eigenvalue weighted by Gasteiger charge is 2.17. The van der Waals surface area contributed by atoms with Crippen molar-refractivity contribution in [3.05, 3.63) is 60.2 Å². The lowest BCUT2D eigenvalue weighted by Crippen LogP contribution is -2.29. The second kappa shape index (κ2) is 7.53. The van der Waals surface area contributed by atoms with Crippen molar-refractivity contribution in [1.82, 2.24) is 9.79 Å². The third-order valence-corrected chi connectivity index (χ3v) is 4.93. The van der Waals surface area contributed by atoms with Crippen LogP contribution in [-0.4, -0.2) is 33.6 Å². The van der Waals surface area contributed by atoms with E-state index in [0.29, 0.717) is 18.5 Å². The predicted molar refractivity (Wildman–Crippen MR) is 93.6 cm³/mol. The lowest BCUT2D eigenvalue weighted by molar-refractivity contribution is -0.125. The molecule has 0 spiro atoms. The lowest BCUT2D eigenvalue weighted by atomic mass is 10.1. The predicted octanol–water partition coefficient (Wildman–Crippen LogP) is 3.20. The Labute approximate surface area is 144 Å². The van der Waals surface area contributed by atoms with Gasteiger partial charge in [0.05, 0.1) is 0 Å². The first-order valence-electron chi connectivity index (χ1n) is 7.61. The SMILES string of the molecule is O=C(NO)C1=CCN(Sc2ccc(-c3ccc(O)cc3)cc2)CC1. The summed E-state index contributed by atoms with van der Waals surface area (Å²) in [5.74, 6) is -0.156. The number of hydrogen-bond donors (Lipinski definition) is 3. The largest absolute Gasteiger partial charge is 0.508 e. The summed E-state index contributed by atoms with van der Waals surface area (Å²) in [4.78, 5) is 12.5. The van der Waals surface area contributed by atoms with Gasteiger partial charge in [0.2, 0.25) is 0 Å². The van der Waals surface area contributed by atoms with Crippen LogP contribution in [0.5, 0.6) is 5.75 Å². The Morgan fingerprint density at radius 3 is 2.21 bits per heavy atom. The first-order valence-corrected chi connectivity index (χ1v) is 8.39. The molecule has 0 saturated heterocycles. The van der Waals surface area contributed by atoms with E-state index < -0.39 is 5.91 Å². The first kappa shape index (κ1) is 16.6. The number of hydroxylamine groups is 1. The quantitative estimate of drug-likeness (QED) is 0.452. The molecule has 1 aliphatic rings. The molecule has 1 aliphatic heterocycles. The molecule has 0 saturated carbocycles. The fourth-order valence-corrected chi connectivity index (χ4v) is 3.41. The van der Waals surface area contributed by atoms with Crippen LogP contribution in [0.25, 0.3) is 11.1 Å². The zero-order valence-electron chi connectivity index (χ0n) is 13.0. The van der Waals surface area contributed by atoms with Crippen molar-refractivity contribution in [1.29, 1.82) is 0 Å². The third-order valence-electron chi connectivity index (χ3n) is 3.85. The van der Waals surface area contributed by atoms with Gasteiger partial charge in [-0.3, -0.25) is 10.0 Å². The van der Waals surface area contributed by atoms with Crippen LogP contribution in [0.1, 0.15) is 6.42 Å². The van der Waals surface area contributed by atoms with E-state index in [1.807, 2.05) is 18.2 Å². The van der Waals surface area contributed by atoms with Crippen molar-refractivity contribution in [3.8, 4) is 16.9 Å².